The van der Waals surface area contributed by atoms with Crippen LogP contribution in [0.15, 0.2) is 42.7 Å². The molecule has 0 bridgehead atoms. The SMILES string of the molecule is O=C(Cc1ccccc1)N1Cc2nccn2CC(COCC2CC2)C1. The predicted molar refractivity (Wildman–Crippen MR) is 94.8 cm³/mol. The minimum Gasteiger partial charge on any atom is -0.381 e. The lowest BCUT2D eigenvalue weighted by Crippen LogP contribution is -2.36. The van der Waals surface area contributed by atoms with Crippen molar-refractivity contribution in [1.29, 1.82) is 0 Å². The van der Waals surface area contributed by atoms with Crippen LogP contribution in [0, 0.1) is 11.8 Å². The first-order valence-electron chi connectivity index (χ1n) is 9.17. The van der Waals surface area contributed by atoms with E-state index in [9.17, 15) is 4.79 Å². The van der Waals surface area contributed by atoms with Crippen LogP contribution in [0.25, 0.3) is 0 Å². The Labute approximate surface area is 148 Å². The third-order valence-electron chi connectivity index (χ3n) is 5.02. The summed E-state index contributed by atoms with van der Waals surface area (Å²) in [7, 11) is 0. The monoisotopic (exact) mass is 339 g/mol. The Morgan fingerprint density at radius 1 is 1.12 bits per heavy atom. The molecule has 1 aromatic heterocycles. The summed E-state index contributed by atoms with van der Waals surface area (Å²) >= 11 is 0. The van der Waals surface area contributed by atoms with Crippen molar-refractivity contribution in [3.8, 4) is 0 Å². The third-order valence-corrected chi connectivity index (χ3v) is 5.02. The van der Waals surface area contributed by atoms with E-state index in [-0.39, 0.29) is 5.91 Å². The zero-order valence-corrected chi connectivity index (χ0v) is 14.5. The van der Waals surface area contributed by atoms with E-state index in [1.807, 2.05) is 47.6 Å². The molecule has 1 aliphatic heterocycles. The number of carbonyl (C=O) groups excluding carboxylic acids is 1. The topological polar surface area (TPSA) is 47.4 Å². The summed E-state index contributed by atoms with van der Waals surface area (Å²) in [5.74, 6) is 2.21. The summed E-state index contributed by atoms with van der Waals surface area (Å²) in [6, 6.07) is 9.95. The van der Waals surface area contributed by atoms with Gasteiger partial charge in [-0.3, -0.25) is 4.79 Å². The predicted octanol–water partition coefficient (Wildman–Crippen LogP) is 2.51. The largest absolute Gasteiger partial charge is 0.381 e. The highest BCUT2D eigenvalue weighted by molar-refractivity contribution is 5.78. The van der Waals surface area contributed by atoms with Crippen LogP contribution in [0.1, 0.15) is 24.2 Å². The number of benzene rings is 1. The second-order valence-corrected chi connectivity index (χ2v) is 7.28. The molecule has 1 atom stereocenters. The van der Waals surface area contributed by atoms with Gasteiger partial charge in [-0.15, -0.1) is 0 Å². The number of hydrogen-bond donors (Lipinski definition) is 0. The number of nitrogens with zero attached hydrogens (tertiary/aromatic N) is 3. The minimum atomic E-state index is 0.162. The molecular formula is C20H25N3O2. The molecule has 4 rings (SSSR count). The highest BCUT2D eigenvalue weighted by atomic mass is 16.5. The second-order valence-electron chi connectivity index (χ2n) is 7.28. The highest BCUT2D eigenvalue weighted by Gasteiger charge is 2.27. The molecule has 2 aliphatic rings. The van der Waals surface area contributed by atoms with Crippen LogP contribution in [0.3, 0.4) is 0 Å². The third kappa shape index (κ3) is 4.28. The molecule has 0 spiro atoms. The van der Waals surface area contributed by atoms with Crippen molar-refractivity contribution in [2.75, 3.05) is 19.8 Å². The summed E-state index contributed by atoms with van der Waals surface area (Å²) in [6.45, 7) is 3.76. The van der Waals surface area contributed by atoms with Crippen molar-refractivity contribution in [3.05, 3.63) is 54.1 Å². The van der Waals surface area contributed by atoms with Crippen LogP contribution in [0.2, 0.25) is 0 Å². The lowest BCUT2D eigenvalue weighted by Gasteiger charge is -2.24. The molecule has 1 aromatic carbocycles. The zero-order chi connectivity index (χ0) is 17.1. The number of imidazole rings is 1. The van der Waals surface area contributed by atoms with Crippen LogP contribution in [-0.2, 0) is 29.0 Å². The Kier molecular flexibility index (Phi) is 4.83. The minimum absolute atomic E-state index is 0.162. The van der Waals surface area contributed by atoms with E-state index in [1.54, 1.807) is 0 Å². The van der Waals surface area contributed by atoms with Crippen molar-refractivity contribution in [2.24, 2.45) is 11.8 Å². The fourth-order valence-electron chi connectivity index (χ4n) is 3.40. The van der Waals surface area contributed by atoms with Crippen molar-refractivity contribution < 1.29 is 9.53 Å². The summed E-state index contributed by atoms with van der Waals surface area (Å²) in [5, 5.41) is 0. The fraction of sp³-hybridized carbons (Fsp3) is 0.500. The van der Waals surface area contributed by atoms with Gasteiger partial charge in [0.25, 0.3) is 0 Å². The maximum atomic E-state index is 12.8. The van der Waals surface area contributed by atoms with Gasteiger partial charge in [-0.05, 0) is 24.3 Å². The van der Waals surface area contributed by atoms with E-state index >= 15 is 0 Å². The summed E-state index contributed by atoms with van der Waals surface area (Å²) in [6.07, 6.45) is 6.88. The molecule has 5 heteroatoms. The standard InChI is InChI=1S/C20H25N3O2/c24-20(10-16-4-2-1-3-5-16)23-12-18(15-25-14-17-6-7-17)11-22-9-8-21-19(22)13-23/h1-5,8-9,17-18H,6-7,10-15H2. The first kappa shape index (κ1) is 16.3. The van der Waals surface area contributed by atoms with Gasteiger partial charge in [0.2, 0.25) is 5.91 Å². The fourth-order valence-corrected chi connectivity index (χ4v) is 3.40. The van der Waals surface area contributed by atoms with E-state index in [0.29, 0.717) is 25.5 Å². The van der Waals surface area contributed by atoms with E-state index in [0.717, 1.165) is 37.0 Å². The molecule has 0 radical (unpaired) electrons. The van der Waals surface area contributed by atoms with E-state index in [4.69, 9.17) is 4.74 Å². The second kappa shape index (κ2) is 7.40. The Morgan fingerprint density at radius 3 is 2.72 bits per heavy atom. The summed E-state index contributed by atoms with van der Waals surface area (Å²) < 4.78 is 8.09. The number of aromatic nitrogens is 2. The lowest BCUT2D eigenvalue weighted by atomic mass is 10.1. The molecule has 1 amide bonds. The van der Waals surface area contributed by atoms with E-state index in [2.05, 4.69) is 9.55 Å². The van der Waals surface area contributed by atoms with Crippen molar-refractivity contribution in [2.45, 2.75) is 32.4 Å². The number of carbonyl (C=O) groups is 1. The molecule has 132 valence electrons. The number of amides is 1. The molecular weight excluding hydrogens is 314 g/mol. The number of hydrogen-bond acceptors (Lipinski definition) is 3. The number of fused-ring (bicyclic) bond motifs is 1. The summed E-state index contributed by atoms with van der Waals surface area (Å²) in [4.78, 5) is 19.2. The van der Waals surface area contributed by atoms with Crippen LogP contribution in [0.5, 0.6) is 0 Å². The van der Waals surface area contributed by atoms with Gasteiger partial charge in [0.05, 0.1) is 19.6 Å². The average molecular weight is 339 g/mol. The molecule has 1 aliphatic carbocycles. The smallest absolute Gasteiger partial charge is 0.227 e. The van der Waals surface area contributed by atoms with Crippen LogP contribution >= 0.6 is 0 Å². The van der Waals surface area contributed by atoms with Gasteiger partial charge in [-0.25, -0.2) is 4.98 Å². The van der Waals surface area contributed by atoms with Gasteiger partial charge < -0.3 is 14.2 Å². The zero-order valence-electron chi connectivity index (χ0n) is 14.5. The van der Waals surface area contributed by atoms with Crippen molar-refractivity contribution in [1.82, 2.24) is 14.5 Å². The Balaban J connectivity index is 1.43. The normalized spacial score (nSPS) is 20.2. The maximum absolute atomic E-state index is 12.8. The molecule has 25 heavy (non-hydrogen) atoms. The van der Waals surface area contributed by atoms with Crippen molar-refractivity contribution >= 4 is 5.91 Å². The highest BCUT2D eigenvalue weighted by Crippen LogP contribution is 2.29. The van der Waals surface area contributed by atoms with Gasteiger partial charge in [-0.1, -0.05) is 30.3 Å². The molecule has 1 saturated carbocycles. The quantitative estimate of drug-likeness (QED) is 0.812. The first-order valence-corrected chi connectivity index (χ1v) is 9.17. The van der Waals surface area contributed by atoms with Crippen LogP contribution < -0.4 is 0 Å². The van der Waals surface area contributed by atoms with Crippen molar-refractivity contribution in [3.63, 3.8) is 0 Å². The van der Waals surface area contributed by atoms with Gasteiger partial charge in [0, 0.05) is 38.0 Å². The first-order chi connectivity index (χ1) is 12.3. The van der Waals surface area contributed by atoms with Gasteiger partial charge in [0.1, 0.15) is 5.82 Å². The summed E-state index contributed by atoms with van der Waals surface area (Å²) in [5.41, 5.74) is 1.06. The molecule has 1 fully saturated rings. The van der Waals surface area contributed by atoms with Gasteiger partial charge in [0.15, 0.2) is 0 Å². The van der Waals surface area contributed by atoms with Crippen LogP contribution in [0.4, 0.5) is 0 Å². The number of rotatable bonds is 6. The van der Waals surface area contributed by atoms with Gasteiger partial charge in [-0.2, -0.15) is 0 Å². The molecule has 2 aromatic rings. The van der Waals surface area contributed by atoms with E-state index in [1.165, 1.54) is 12.8 Å². The molecule has 1 unspecified atom stereocenters. The maximum Gasteiger partial charge on any atom is 0.227 e. The van der Waals surface area contributed by atoms with Crippen LogP contribution in [-0.4, -0.2) is 40.1 Å². The molecule has 0 saturated heterocycles. The lowest BCUT2D eigenvalue weighted by molar-refractivity contribution is -0.132. The Bertz CT molecular complexity index is 709. The average Bonchev–Trinajstić information content (AvgIpc) is 3.38. The molecule has 2 heterocycles. The molecule has 0 N–H and O–H groups in total. The van der Waals surface area contributed by atoms with E-state index < -0.39 is 0 Å². The Hall–Kier alpha value is -2.14. The number of ether oxygens (including phenoxy) is 1. The molecule has 5 nitrogen and oxygen atoms in total. The van der Waals surface area contributed by atoms with Gasteiger partial charge >= 0.3 is 0 Å². The Morgan fingerprint density at radius 2 is 1.92 bits per heavy atom.